The summed E-state index contributed by atoms with van der Waals surface area (Å²) in [5.41, 5.74) is 3.25. The van der Waals surface area contributed by atoms with E-state index in [1.54, 1.807) is 60.7 Å². The van der Waals surface area contributed by atoms with Crippen LogP contribution in [0.3, 0.4) is 0 Å². The van der Waals surface area contributed by atoms with Crippen LogP contribution in [-0.4, -0.2) is 53.3 Å². The number of fused-ring (bicyclic) bond motifs is 2. The molecule has 0 atom stereocenters. The smallest absolute Gasteiger partial charge is 0.305 e. The molecule has 3 aromatic carbocycles. The fourth-order valence-corrected chi connectivity index (χ4v) is 4.63. The van der Waals surface area contributed by atoms with Gasteiger partial charge in [-0.3, -0.25) is 19.2 Å². The van der Waals surface area contributed by atoms with Gasteiger partial charge in [-0.25, -0.2) is 5.01 Å². The van der Waals surface area contributed by atoms with Crippen molar-refractivity contribution in [2.75, 3.05) is 25.6 Å². The molecule has 0 aromatic heterocycles. The molecule has 3 aromatic rings. The molecule has 1 aliphatic carbocycles. The maximum atomic E-state index is 13.6. The Morgan fingerprint density at radius 1 is 0.911 bits per heavy atom. The number of anilines is 1. The molecule has 5 rings (SSSR count). The summed E-state index contributed by atoms with van der Waals surface area (Å²) in [5.74, 6) is -1.39. The molecule has 12 heteroatoms. The normalized spacial score (nSPS) is 11.2. The van der Waals surface area contributed by atoms with Gasteiger partial charge in [-0.2, -0.15) is 0 Å². The van der Waals surface area contributed by atoms with Gasteiger partial charge in [-0.05, 0) is 60.2 Å². The molecule has 0 radical (unpaired) electrons. The highest BCUT2D eigenvalue weighted by atomic mass is 16.5. The van der Waals surface area contributed by atoms with E-state index in [0.717, 1.165) is 5.01 Å². The van der Waals surface area contributed by atoms with E-state index >= 15 is 0 Å². The van der Waals surface area contributed by atoms with Crippen molar-refractivity contribution in [2.45, 2.75) is 12.8 Å². The molecular weight excluding hydrogens is 580 g/mol. The third kappa shape index (κ3) is 7.37. The van der Waals surface area contributed by atoms with Crippen molar-refractivity contribution < 1.29 is 33.8 Å². The van der Waals surface area contributed by atoms with Crippen molar-refractivity contribution >= 4 is 40.1 Å². The highest BCUT2D eigenvalue weighted by molar-refractivity contribution is 6.09. The number of aliphatic carboxylic acids is 1. The zero-order valence-electron chi connectivity index (χ0n) is 24.1. The summed E-state index contributed by atoms with van der Waals surface area (Å²) in [4.78, 5) is 48.3. The van der Waals surface area contributed by atoms with Crippen LogP contribution in [-0.2, 0) is 14.3 Å². The standard InChI is InChI=1S/C33H28N4O8/c1-37(36-35-21-8-6-20(7-9-21)34-30(40)14-16-44-17-15-31(41)42)33(43)25-5-3-2-4-24(25)32-26-12-10-22(38)18-28(26)45-29-19-23(39)11-13-27(29)32/h2-13,18-19,38H,14-17H2,1H3,(H,34,40)(H,41,42). The van der Waals surface area contributed by atoms with Crippen molar-refractivity contribution in [3.8, 4) is 28.2 Å². The van der Waals surface area contributed by atoms with Crippen molar-refractivity contribution in [1.29, 1.82) is 0 Å². The molecule has 0 saturated carbocycles. The Hall–Kier alpha value is -5.88. The minimum atomic E-state index is -0.966. The van der Waals surface area contributed by atoms with Gasteiger partial charge < -0.3 is 24.7 Å². The van der Waals surface area contributed by atoms with Gasteiger partial charge in [-0.1, -0.05) is 23.4 Å². The van der Waals surface area contributed by atoms with Gasteiger partial charge in [0.1, 0.15) is 17.1 Å². The number of phenols is 1. The number of carbonyl (C=O) groups is 3. The summed E-state index contributed by atoms with van der Waals surface area (Å²) >= 11 is 0. The second-order valence-electron chi connectivity index (χ2n) is 9.98. The van der Waals surface area contributed by atoms with E-state index in [1.165, 1.54) is 31.3 Å². The lowest BCUT2D eigenvalue weighted by molar-refractivity contribution is -0.138. The summed E-state index contributed by atoms with van der Waals surface area (Å²) < 4.78 is 11.1. The number of phenolic OH excluding ortho intramolecular Hbond substituents is 1. The van der Waals surface area contributed by atoms with Crippen molar-refractivity contribution in [3.63, 3.8) is 0 Å². The van der Waals surface area contributed by atoms with Gasteiger partial charge in [0.25, 0.3) is 5.91 Å². The van der Waals surface area contributed by atoms with Crippen LogP contribution >= 0.6 is 0 Å². The molecule has 0 unspecified atom stereocenters. The third-order valence-electron chi connectivity index (χ3n) is 6.78. The number of hydrogen-bond donors (Lipinski definition) is 3. The van der Waals surface area contributed by atoms with E-state index in [2.05, 4.69) is 15.7 Å². The topological polar surface area (TPSA) is 171 Å². The number of carboxylic acid groups (broad SMARTS) is 1. The van der Waals surface area contributed by atoms with Gasteiger partial charge in [0.05, 0.1) is 31.7 Å². The fraction of sp³-hybridized carbons (Fsp3) is 0.152. The maximum absolute atomic E-state index is 13.6. The number of nitrogens with zero attached hydrogens (tertiary/aromatic N) is 3. The Bertz CT molecular complexity index is 1930. The summed E-state index contributed by atoms with van der Waals surface area (Å²) in [6, 6.07) is 22.6. The number of rotatable bonds is 11. The second kappa shape index (κ2) is 13.6. The van der Waals surface area contributed by atoms with Gasteiger partial charge in [0, 0.05) is 46.9 Å². The van der Waals surface area contributed by atoms with Crippen LogP contribution in [0, 0.1) is 0 Å². The first-order chi connectivity index (χ1) is 21.7. The zero-order valence-corrected chi connectivity index (χ0v) is 24.1. The lowest BCUT2D eigenvalue weighted by atomic mass is 9.90. The minimum Gasteiger partial charge on any atom is -0.508 e. The average Bonchev–Trinajstić information content (AvgIpc) is 3.02. The van der Waals surface area contributed by atoms with Gasteiger partial charge in [0.2, 0.25) is 5.91 Å². The number of hydrogen-bond acceptors (Lipinski definition) is 9. The predicted molar refractivity (Wildman–Crippen MR) is 166 cm³/mol. The average molecular weight is 609 g/mol. The van der Waals surface area contributed by atoms with E-state index in [9.17, 15) is 24.3 Å². The predicted octanol–water partition coefficient (Wildman–Crippen LogP) is 5.86. The number of ether oxygens (including phenoxy) is 1. The molecule has 2 aliphatic rings. The highest BCUT2D eigenvalue weighted by Crippen LogP contribution is 2.42. The highest BCUT2D eigenvalue weighted by Gasteiger charge is 2.23. The molecule has 12 nitrogen and oxygen atoms in total. The van der Waals surface area contributed by atoms with E-state index in [-0.39, 0.29) is 43.1 Å². The van der Waals surface area contributed by atoms with Crippen molar-refractivity contribution in [3.05, 3.63) is 101 Å². The van der Waals surface area contributed by atoms with Crippen molar-refractivity contribution in [1.82, 2.24) is 5.01 Å². The van der Waals surface area contributed by atoms with Crippen LogP contribution in [0.15, 0.2) is 104 Å². The largest absolute Gasteiger partial charge is 0.508 e. The first-order valence-corrected chi connectivity index (χ1v) is 13.9. The van der Waals surface area contributed by atoms with Crippen LogP contribution in [0.4, 0.5) is 11.4 Å². The van der Waals surface area contributed by atoms with E-state index in [1.807, 2.05) is 0 Å². The molecular formula is C33H28N4O8. The molecule has 0 fully saturated rings. The van der Waals surface area contributed by atoms with Gasteiger partial charge in [-0.15, -0.1) is 5.11 Å². The summed E-state index contributed by atoms with van der Waals surface area (Å²) in [7, 11) is 1.48. The molecule has 0 bridgehead atoms. The Morgan fingerprint density at radius 2 is 1.67 bits per heavy atom. The van der Waals surface area contributed by atoms with Crippen LogP contribution in [0.5, 0.6) is 5.75 Å². The number of carboxylic acids is 1. The van der Waals surface area contributed by atoms with E-state index in [0.29, 0.717) is 50.4 Å². The lowest BCUT2D eigenvalue weighted by Crippen LogP contribution is -2.21. The number of aromatic hydroxyl groups is 1. The SMILES string of the molecule is CN(N=Nc1ccc(NC(=O)CCOCCC(=O)O)cc1)C(=O)c1ccccc1-c1c2ccc(=O)cc-2oc2cc(O)ccc12. The van der Waals surface area contributed by atoms with Crippen LogP contribution in [0.25, 0.3) is 33.4 Å². The quantitative estimate of drug-likeness (QED) is 0.0724. The van der Waals surface area contributed by atoms with Crippen LogP contribution < -0.4 is 10.7 Å². The first kappa shape index (κ1) is 30.6. The number of amides is 2. The fourth-order valence-electron chi connectivity index (χ4n) is 4.63. The molecule has 45 heavy (non-hydrogen) atoms. The molecule has 2 amide bonds. The molecule has 228 valence electrons. The van der Waals surface area contributed by atoms with E-state index < -0.39 is 11.9 Å². The van der Waals surface area contributed by atoms with Crippen LogP contribution in [0.1, 0.15) is 23.2 Å². The number of carbonyl (C=O) groups excluding carboxylic acids is 2. The number of nitrogens with one attached hydrogen (secondary N) is 1. The minimum absolute atomic E-state index is 0.00527. The van der Waals surface area contributed by atoms with Crippen molar-refractivity contribution in [2.24, 2.45) is 10.3 Å². The maximum Gasteiger partial charge on any atom is 0.305 e. The molecule has 0 saturated heterocycles. The summed E-state index contributed by atoms with van der Waals surface area (Å²) in [6.45, 7) is 0.140. The molecule has 0 spiro atoms. The Morgan fingerprint density at radius 3 is 2.44 bits per heavy atom. The van der Waals surface area contributed by atoms with E-state index in [4.69, 9.17) is 14.3 Å². The first-order valence-electron chi connectivity index (χ1n) is 13.9. The molecule has 1 heterocycles. The molecule has 1 aliphatic heterocycles. The van der Waals surface area contributed by atoms with Gasteiger partial charge >= 0.3 is 5.97 Å². The molecule has 3 N–H and O–H groups in total. The van der Waals surface area contributed by atoms with Gasteiger partial charge in [0.15, 0.2) is 5.43 Å². The summed E-state index contributed by atoms with van der Waals surface area (Å²) in [6.07, 6.45) is -0.0554. The third-order valence-corrected chi connectivity index (χ3v) is 6.78. The zero-order chi connectivity index (χ0) is 31.9. The summed E-state index contributed by atoms with van der Waals surface area (Å²) in [5, 5.41) is 31.4. The Kier molecular flexibility index (Phi) is 9.25. The Balaban J connectivity index is 1.33. The monoisotopic (exact) mass is 608 g/mol. The Labute approximate surface area is 256 Å². The second-order valence-corrected chi connectivity index (χ2v) is 9.98. The lowest BCUT2D eigenvalue weighted by Gasteiger charge is -2.18. The van der Waals surface area contributed by atoms with Crippen LogP contribution in [0.2, 0.25) is 0 Å². The number of benzene rings is 4.